The first-order valence-electron chi connectivity index (χ1n) is 7.63. The van der Waals surface area contributed by atoms with Crippen LogP contribution in [0.3, 0.4) is 0 Å². The Morgan fingerprint density at radius 2 is 1.75 bits per heavy atom. The Hall–Kier alpha value is -0.865. The van der Waals surface area contributed by atoms with Gasteiger partial charge in [0.1, 0.15) is 0 Å². The predicted molar refractivity (Wildman–Crippen MR) is 81.3 cm³/mol. The summed E-state index contributed by atoms with van der Waals surface area (Å²) in [4.78, 5) is 4.54. The number of hydrogen-bond donors (Lipinski definition) is 0. The third-order valence-corrected chi connectivity index (χ3v) is 5.31. The van der Waals surface area contributed by atoms with Gasteiger partial charge in [0.15, 0.2) is 0 Å². The van der Waals surface area contributed by atoms with E-state index in [0.29, 0.717) is 5.92 Å². The van der Waals surface area contributed by atoms with Gasteiger partial charge in [0.05, 0.1) is 16.8 Å². The summed E-state index contributed by atoms with van der Waals surface area (Å²) in [7, 11) is -0.347. The second kappa shape index (κ2) is 4.57. The Morgan fingerprint density at radius 1 is 1.15 bits per heavy atom. The number of rotatable bonds is 2. The molecule has 1 saturated carbocycles. The van der Waals surface area contributed by atoms with Crippen molar-refractivity contribution < 1.29 is 9.31 Å². The molecule has 1 aliphatic heterocycles. The Labute approximate surface area is 122 Å². The van der Waals surface area contributed by atoms with Crippen LogP contribution in [-0.4, -0.2) is 23.3 Å². The molecule has 0 bridgehead atoms. The van der Waals surface area contributed by atoms with Gasteiger partial charge in [0, 0.05) is 6.20 Å². The molecule has 1 aromatic heterocycles. The minimum Gasteiger partial charge on any atom is -0.398 e. The van der Waals surface area contributed by atoms with Gasteiger partial charge in [-0.05, 0) is 70.6 Å². The van der Waals surface area contributed by atoms with Crippen LogP contribution >= 0.6 is 0 Å². The third kappa shape index (κ3) is 2.10. The third-order valence-electron chi connectivity index (χ3n) is 5.31. The van der Waals surface area contributed by atoms with Gasteiger partial charge in [-0.1, -0.05) is 6.42 Å². The molecule has 4 heteroatoms. The topological polar surface area (TPSA) is 31.4 Å². The van der Waals surface area contributed by atoms with Crippen LogP contribution in [0.15, 0.2) is 12.3 Å². The van der Waals surface area contributed by atoms with E-state index >= 15 is 0 Å². The summed E-state index contributed by atoms with van der Waals surface area (Å²) < 4.78 is 12.3. The first-order valence-corrected chi connectivity index (χ1v) is 7.63. The lowest BCUT2D eigenvalue weighted by atomic mass is 9.74. The van der Waals surface area contributed by atoms with Crippen LogP contribution in [0, 0.1) is 6.92 Å². The van der Waals surface area contributed by atoms with Crippen molar-refractivity contribution in [2.24, 2.45) is 0 Å². The monoisotopic (exact) mass is 273 g/mol. The average molecular weight is 273 g/mol. The van der Waals surface area contributed by atoms with Gasteiger partial charge in [-0.2, -0.15) is 0 Å². The van der Waals surface area contributed by atoms with Crippen LogP contribution in [0.1, 0.15) is 64.0 Å². The second-order valence-electron chi connectivity index (χ2n) is 7.13. The molecule has 2 fully saturated rings. The molecule has 0 amide bonds. The van der Waals surface area contributed by atoms with Crippen LogP contribution < -0.4 is 5.59 Å². The van der Waals surface area contributed by atoms with Gasteiger partial charge in [0.2, 0.25) is 0 Å². The lowest BCUT2D eigenvalue weighted by molar-refractivity contribution is 0.00578. The Bertz CT molecular complexity index is 507. The molecule has 0 atom stereocenters. The van der Waals surface area contributed by atoms with E-state index in [1.807, 2.05) is 6.20 Å². The molecule has 2 aliphatic rings. The molecule has 3 rings (SSSR count). The zero-order valence-electron chi connectivity index (χ0n) is 13.2. The molecule has 2 heterocycles. The van der Waals surface area contributed by atoms with Gasteiger partial charge >= 0.3 is 7.12 Å². The van der Waals surface area contributed by atoms with Crippen molar-refractivity contribution in [3.05, 3.63) is 23.4 Å². The largest absolute Gasteiger partial charge is 0.514 e. The van der Waals surface area contributed by atoms with E-state index in [-0.39, 0.29) is 18.3 Å². The fourth-order valence-corrected chi connectivity index (χ4v) is 2.92. The highest BCUT2D eigenvalue weighted by Gasteiger charge is 2.52. The van der Waals surface area contributed by atoms with Gasteiger partial charge in [-0.3, -0.25) is 4.98 Å². The molecule has 1 saturated heterocycles. The van der Waals surface area contributed by atoms with E-state index in [1.54, 1.807) is 0 Å². The zero-order chi connectivity index (χ0) is 14.5. The molecule has 0 unspecified atom stereocenters. The van der Waals surface area contributed by atoms with Crippen LogP contribution in [0.5, 0.6) is 0 Å². The summed E-state index contributed by atoms with van der Waals surface area (Å²) in [6.07, 6.45) is 5.85. The lowest BCUT2D eigenvalue weighted by Crippen LogP contribution is -2.41. The molecule has 108 valence electrons. The normalized spacial score (nSPS) is 24.8. The highest BCUT2D eigenvalue weighted by Crippen LogP contribution is 2.39. The fourth-order valence-electron chi connectivity index (χ4n) is 2.92. The molecule has 0 N–H and O–H groups in total. The SMILES string of the molecule is Cc1c(C2CCC2)ccnc1B1OC(C)(C)C(C)(C)O1. The molecular weight excluding hydrogens is 249 g/mol. The summed E-state index contributed by atoms with van der Waals surface area (Å²) in [5.74, 6) is 0.708. The highest BCUT2D eigenvalue weighted by molar-refractivity contribution is 6.61. The standard InChI is InChI=1S/C16H24BNO2/c1-11-13(12-7-6-8-12)9-10-18-14(11)17-19-15(2,3)16(4,5)20-17/h9-10,12H,6-8H2,1-5H3. The summed E-state index contributed by atoms with van der Waals surface area (Å²) >= 11 is 0. The molecule has 20 heavy (non-hydrogen) atoms. The zero-order valence-corrected chi connectivity index (χ0v) is 13.2. The summed E-state index contributed by atoms with van der Waals surface area (Å²) in [5.41, 5.74) is 3.01. The Morgan fingerprint density at radius 3 is 2.25 bits per heavy atom. The molecule has 1 aromatic rings. The molecule has 3 nitrogen and oxygen atoms in total. The molecular formula is C16H24BNO2. The smallest absolute Gasteiger partial charge is 0.398 e. The molecule has 0 aromatic carbocycles. The van der Waals surface area contributed by atoms with E-state index in [4.69, 9.17) is 9.31 Å². The van der Waals surface area contributed by atoms with E-state index in [0.717, 1.165) is 5.59 Å². The van der Waals surface area contributed by atoms with Crippen molar-refractivity contribution in [1.29, 1.82) is 0 Å². The maximum Gasteiger partial charge on any atom is 0.514 e. The maximum absolute atomic E-state index is 6.13. The van der Waals surface area contributed by atoms with Gasteiger partial charge in [-0.25, -0.2) is 0 Å². The number of nitrogens with zero attached hydrogens (tertiary/aromatic N) is 1. The van der Waals surface area contributed by atoms with Crippen LogP contribution in [0.25, 0.3) is 0 Å². The first-order chi connectivity index (χ1) is 9.32. The van der Waals surface area contributed by atoms with E-state index in [2.05, 4.69) is 45.7 Å². The molecule has 1 aliphatic carbocycles. The van der Waals surface area contributed by atoms with Crippen LogP contribution in [0.4, 0.5) is 0 Å². The van der Waals surface area contributed by atoms with E-state index < -0.39 is 0 Å². The van der Waals surface area contributed by atoms with Crippen LogP contribution in [-0.2, 0) is 9.31 Å². The average Bonchev–Trinajstić information content (AvgIpc) is 2.48. The van der Waals surface area contributed by atoms with Crippen molar-refractivity contribution in [2.75, 3.05) is 0 Å². The van der Waals surface area contributed by atoms with E-state index in [1.165, 1.54) is 30.4 Å². The highest BCUT2D eigenvalue weighted by atomic mass is 16.7. The summed E-state index contributed by atoms with van der Waals surface area (Å²) in [6, 6.07) is 2.16. The van der Waals surface area contributed by atoms with Crippen molar-refractivity contribution in [1.82, 2.24) is 4.98 Å². The molecule has 0 radical (unpaired) electrons. The maximum atomic E-state index is 6.13. The van der Waals surface area contributed by atoms with Crippen molar-refractivity contribution in [2.45, 2.75) is 71.0 Å². The Balaban J connectivity index is 1.92. The van der Waals surface area contributed by atoms with Gasteiger partial charge < -0.3 is 9.31 Å². The lowest BCUT2D eigenvalue weighted by Gasteiger charge is -2.32. The summed E-state index contributed by atoms with van der Waals surface area (Å²) in [6.45, 7) is 10.5. The van der Waals surface area contributed by atoms with E-state index in [9.17, 15) is 0 Å². The van der Waals surface area contributed by atoms with Gasteiger partial charge in [-0.15, -0.1) is 0 Å². The van der Waals surface area contributed by atoms with Crippen molar-refractivity contribution >= 4 is 12.7 Å². The Kier molecular flexibility index (Phi) is 3.22. The number of pyridine rings is 1. The van der Waals surface area contributed by atoms with Crippen molar-refractivity contribution in [3.63, 3.8) is 0 Å². The quantitative estimate of drug-likeness (QED) is 0.776. The van der Waals surface area contributed by atoms with Crippen molar-refractivity contribution in [3.8, 4) is 0 Å². The number of aromatic nitrogens is 1. The summed E-state index contributed by atoms with van der Waals surface area (Å²) in [5, 5.41) is 0. The van der Waals surface area contributed by atoms with Crippen LogP contribution in [0.2, 0.25) is 0 Å². The number of hydrogen-bond acceptors (Lipinski definition) is 3. The first kappa shape index (κ1) is 14.1. The minimum atomic E-state index is -0.347. The molecule has 0 spiro atoms. The van der Waals surface area contributed by atoms with Gasteiger partial charge in [0.25, 0.3) is 0 Å². The minimum absolute atomic E-state index is 0.307. The second-order valence-corrected chi connectivity index (χ2v) is 7.13. The predicted octanol–water partition coefficient (Wildman–Crippen LogP) is 2.96. The fraction of sp³-hybridized carbons (Fsp3) is 0.688.